The third-order valence-electron chi connectivity index (χ3n) is 1.57. The number of amides is 1. The predicted molar refractivity (Wildman–Crippen MR) is 41.9 cm³/mol. The highest BCUT2D eigenvalue weighted by Crippen LogP contribution is 2.33. The van der Waals surface area contributed by atoms with E-state index in [0.717, 1.165) is 0 Å². The summed E-state index contributed by atoms with van der Waals surface area (Å²) in [5.74, 6) is 1.35. The van der Waals surface area contributed by atoms with Gasteiger partial charge in [-0.25, -0.2) is 0 Å². The van der Waals surface area contributed by atoms with Crippen molar-refractivity contribution in [1.29, 1.82) is 0 Å². The second kappa shape index (κ2) is 2.73. The number of rotatable bonds is 2. The van der Waals surface area contributed by atoms with Crippen LogP contribution in [0.15, 0.2) is 18.2 Å². The van der Waals surface area contributed by atoms with Crippen molar-refractivity contribution in [3.63, 3.8) is 0 Å². The molecule has 0 bridgehead atoms. The average Bonchev–Trinajstić information content (AvgIpc) is 2.51. The Morgan fingerprint density at radius 2 is 2.17 bits per heavy atom. The largest absolute Gasteiger partial charge is 0.454 e. The van der Waals surface area contributed by atoms with Gasteiger partial charge in [-0.05, 0) is 12.1 Å². The van der Waals surface area contributed by atoms with E-state index in [1.54, 1.807) is 24.6 Å². The zero-order valence-corrected chi connectivity index (χ0v) is 6.16. The highest BCUT2D eigenvalue weighted by Gasteiger charge is 2.12. The Morgan fingerprint density at radius 3 is 3.00 bits per heavy atom. The topological polar surface area (TPSA) is 47.6 Å². The summed E-state index contributed by atoms with van der Waals surface area (Å²) >= 11 is 0. The van der Waals surface area contributed by atoms with E-state index in [4.69, 9.17) is 9.47 Å². The number of benzene rings is 1. The lowest BCUT2D eigenvalue weighted by Crippen LogP contribution is -1.93. The Hall–Kier alpha value is -1.71. The first kappa shape index (κ1) is 6.97. The third-order valence-corrected chi connectivity index (χ3v) is 1.57. The Morgan fingerprint density at radius 1 is 1.33 bits per heavy atom. The van der Waals surface area contributed by atoms with Crippen LogP contribution in [0.25, 0.3) is 0 Å². The van der Waals surface area contributed by atoms with Crippen LogP contribution >= 0.6 is 0 Å². The second-order valence-corrected chi connectivity index (χ2v) is 2.30. The van der Waals surface area contributed by atoms with Crippen LogP contribution in [-0.4, -0.2) is 13.2 Å². The van der Waals surface area contributed by atoms with Crippen LogP contribution in [0.3, 0.4) is 0 Å². The molecular weight excluding hydrogens is 158 g/mol. The van der Waals surface area contributed by atoms with E-state index < -0.39 is 0 Å². The summed E-state index contributed by atoms with van der Waals surface area (Å²) < 4.78 is 10.2. The number of nitrogens with one attached hydrogen (secondary N) is 1. The normalized spacial score (nSPS) is 12.7. The van der Waals surface area contributed by atoms with E-state index in [-0.39, 0.29) is 6.79 Å². The highest BCUT2D eigenvalue weighted by molar-refractivity contribution is 5.73. The van der Waals surface area contributed by atoms with Gasteiger partial charge in [-0.3, -0.25) is 4.79 Å². The summed E-state index contributed by atoms with van der Waals surface area (Å²) in [5, 5.41) is 2.40. The molecule has 0 unspecified atom stereocenters. The van der Waals surface area contributed by atoms with E-state index in [0.29, 0.717) is 17.2 Å². The molecule has 1 radical (unpaired) electrons. The molecule has 0 saturated carbocycles. The van der Waals surface area contributed by atoms with E-state index in [9.17, 15) is 4.79 Å². The maximum Gasteiger partial charge on any atom is 0.314 e. The van der Waals surface area contributed by atoms with E-state index in [2.05, 4.69) is 5.32 Å². The minimum atomic E-state index is 0.240. The van der Waals surface area contributed by atoms with Crippen LogP contribution in [0.4, 0.5) is 5.69 Å². The van der Waals surface area contributed by atoms with Crippen molar-refractivity contribution in [3.05, 3.63) is 18.2 Å². The molecule has 4 heteroatoms. The summed E-state index contributed by atoms with van der Waals surface area (Å²) in [6, 6.07) is 5.15. The maximum absolute atomic E-state index is 9.97. The molecule has 1 aromatic rings. The first-order valence-electron chi connectivity index (χ1n) is 3.43. The van der Waals surface area contributed by atoms with Gasteiger partial charge < -0.3 is 14.8 Å². The van der Waals surface area contributed by atoms with Crippen LogP contribution in [0.2, 0.25) is 0 Å². The van der Waals surface area contributed by atoms with Crippen molar-refractivity contribution in [1.82, 2.24) is 0 Å². The monoisotopic (exact) mass is 164 g/mol. The van der Waals surface area contributed by atoms with Gasteiger partial charge >= 0.3 is 6.41 Å². The minimum Gasteiger partial charge on any atom is -0.454 e. The molecule has 1 aliphatic rings. The van der Waals surface area contributed by atoms with Crippen LogP contribution in [-0.2, 0) is 4.79 Å². The van der Waals surface area contributed by atoms with Crippen LogP contribution in [0.5, 0.6) is 11.5 Å². The van der Waals surface area contributed by atoms with Gasteiger partial charge in [0.25, 0.3) is 0 Å². The van der Waals surface area contributed by atoms with Crippen LogP contribution in [0.1, 0.15) is 0 Å². The van der Waals surface area contributed by atoms with Gasteiger partial charge in [-0.2, -0.15) is 0 Å². The molecule has 12 heavy (non-hydrogen) atoms. The molecule has 0 saturated heterocycles. The highest BCUT2D eigenvalue weighted by atomic mass is 16.7. The minimum absolute atomic E-state index is 0.240. The van der Waals surface area contributed by atoms with Gasteiger partial charge in [0, 0.05) is 11.8 Å². The van der Waals surface area contributed by atoms with E-state index >= 15 is 0 Å². The molecule has 1 aliphatic heterocycles. The maximum atomic E-state index is 9.97. The SMILES string of the molecule is O=[C]Nc1ccc2c(c1)OCO2. The van der Waals surface area contributed by atoms with Crippen LogP contribution in [0, 0.1) is 0 Å². The Bertz CT molecular complexity index is 311. The average molecular weight is 164 g/mol. The Labute approximate surface area is 69.1 Å². The van der Waals surface area contributed by atoms with Gasteiger partial charge in [0.15, 0.2) is 11.5 Å². The van der Waals surface area contributed by atoms with Crippen molar-refractivity contribution in [2.75, 3.05) is 12.1 Å². The van der Waals surface area contributed by atoms with E-state index in [1.807, 2.05) is 0 Å². The molecule has 1 heterocycles. The van der Waals surface area contributed by atoms with Crippen molar-refractivity contribution in [2.24, 2.45) is 0 Å². The van der Waals surface area contributed by atoms with Crippen molar-refractivity contribution in [3.8, 4) is 11.5 Å². The number of ether oxygens (including phenoxy) is 2. The number of carbonyl (C=O) groups excluding carboxylic acids is 1. The van der Waals surface area contributed by atoms with E-state index in [1.165, 1.54) is 0 Å². The lowest BCUT2D eigenvalue weighted by Gasteiger charge is -1.98. The van der Waals surface area contributed by atoms with Crippen molar-refractivity contribution < 1.29 is 14.3 Å². The molecule has 2 rings (SSSR count). The molecule has 0 atom stereocenters. The third kappa shape index (κ3) is 1.07. The van der Waals surface area contributed by atoms with Gasteiger partial charge in [0.1, 0.15) is 0 Å². The first-order valence-corrected chi connectivity index (χ1v) is 3.43. The summed E-state index contributed by atoms with van der Waals surface area (Å²) in [6.07, 6.45) is 1.58. The fourth-order valence-corrected chi connectivity index (χ4v) is 1.03. The van der Waals surface area contributed by atoms with Gasteiger partial charge in [0.2, 0.25) is 6.79 Å². The molecule has 0 aromatic heterocycles. The standard InChI is InChI=1S/C8H6NO3/c10-4-9-6-1-2-7-8(3-6)12-5-11-7/h1-3H,5H2,(H,9,10). The van der Waals surface area contributed by atoms with Gasteiger partial charge in [0.05, 0.1) is 0 Å². The fraction of sp³-hybridized carbons (Fsp3) is 0.125. The van der Waals surface area contributed by atoms with Gasteiger partial charge in [-0.1, -0.05) is 0 Å². The quantitative estimate of drug-likeness (QED) is 0.660. The molecule has 1 N–H and O–H groups in total. The summed E-state index contributed by atoms with van der Waals surface area (Å²) in [6.45, 7) is 0.240. The van der Waals surface area contributed by atoms with Crippen LogP contribution < -0.4 is 14.8 Å². The first-order chi connectivity index (χ1) is 5.90. The lowest BCUT2D eigenvalue weighted by atomic mass is 10.3. The van der Waals surface area contributed by atoms with Gasteiger partial charge in [-0.15, -0.1) is 0 Å². The molecule has 0 spiro atoms. The second-order valence-electron chi connectivity index (χ2n) is 2.30. The molecule has 1 aromatic carbocycles. The Kier molecular flexibility index (Phi) is 1.59. The molecular formula is C8H6NO3. The smallest absolute Gasteiger partial charge is 0.314 e. The van der Waals surface area contributed by atoms with Crippen molar-refractivity contribution in [2.45, 2.75) is 0 Å². The number of fused-ring (bicyclic) bond motifs is 1. The molecule has 1 amide bonds. The molecule has 4 nitrogen and oxygen atoms in total. The Balaban J connectivity index is 2.32. The predicted octanol–water partition coefficient (Wildman–Crippen LogP) is 0.894. The molecule has 0 aliphatic carbocycles. The number of hydrogen-bond acceptors (Lipinski definition) is 3. The fourth-order valence-electron chi connectivity index (χ4n) is 1.03. The summed E-state index contributed by atoms with van der Waals surface area (Å²) in [7, 11) is 0. The molecule has 61 valence electrons. The number of anilines is 1. The zero-order chi connectivity index (χ0) is 8.39. The number of hydrogen-bond donors (Lipinski definition) is 1. The zero-order valence-electron chi connectivity index (χ0n) is 6.16. The summed E-state index contributed by atoms with van der Waals surface area (Å²) in [4.78, 5) is 9.97. The molecule has 0 fully saturated rings. The summed E-state index contributed by atoms with van der Waals surface area (Å²) in [5.41, 5.74) is 0.647. The van der Waals surface area contributed by atoms with Crippen molar-refractivity contribution >= 4 is 12.1 Å². The lowest BCUT2D eigenvalue weighted by molar-refractivity contribution is 0.174.